The Morgan fingerprint density at radius 1 is 0.900 bits per heavy atom. The summed E-state index contributed by atoms with van der Waals surface area (Å²) in [6.45, 7) is 8.27. The maximum atomic E-state index is 13.5. The number of carbonyl (C=O) groups is 3. The van der Waals surface area contributed by atoms with E-state index in [4.69, 9.17) is 4.74 Å². The number of aryl methyl sites for hydroxylation is 2. The molecule has 2 aliphatic heterocycles. The molecule has 2 aromatic carbocycles. The normalized spacial score (nSPS) is 19.6. The minimum Gasteiger partial charge on any atom is -0.366 e. The summed E-state index contributed by atoms with van der Waals surface area (Å²) in [6, 6.07) is 11.6. The number of para-hydroxylation sites is 1. The molecule has 2 aliphatic rings. The van der Waals surface area contributed by atoms with Gasteiger partial charge in [0.15, 0.2) is 6.29 Å². The van der Waals surface area contributed by atoms with E-state index >= 15 is 0 Å². The number of ether oxygens (including phenoxy) is 1. The Hall–Kier alpha value is -3.43. The van der Waals surface area contributed by atoms with E-state index < -0.39 is 30.3 Å². The summed E-state index contributed by atoms with van der Waals surface area (Å²) in [6.07, 6.45) is 2.05. The molecule has 1 fully saturated rings. The van der Waals surface area contributed by atoms with Crippen LogP contribution in [0, 0.1) is 11.8 Å². The lowest BCUT2D eigenvalue weighted by atomic mass is 9.99. The van der Waals surface area contributed by atoms with Crippen LogP contribution in [0.15, 0.2) is 42.5 Å². The average Bonchev–Trinajstić information content (AvgIpc) is 3.20. The van der Waals surface area contributed by atoms with E-state index in [-0.39, 0.29) is 23.7 Å². The van der Waals surface area contributed by atoms with Crippen LogP contribution in [0.1, 0.15) is 68.4 Å². The minimum atomic E-state index is -1.06. The second kappa shape index (κ2) is 13.3. The van der Waals surface area contributed by atoms with Gasteiger partial charge in [0.2, 0.25) is 11.8 Å². The number of rotatable bonds is 10. The van der Waals surface area contributed by atoms with Gasteiger partial charge >= 0.3 is 0 Å². The van der Waals surface area contributed by atoms with Gasteiger partial charge in [-0.15, -0.1) is 0 Å². The molecule has 2 aromatic rings. The lowest BCUT2D eigenvalue weighted by molar-refractivity contribution is -0.132. The van der Waals surface area contributed by atoms with Crippen LogP contribution in [0.4, 0.5) is 11.4 Å². The number of nitrogens with one attached hydrogen (secondary N) is 4. The fourth-order valence-corrected chi connectivity index (χ4v) is 5.25. The van der Waals surface area contributed by atoms with Gasteiger partial charge in [-0.05, 0) is 73.3 Å². The van der Waals surface area contributed by atoms with Crippen LogP contribution in [-0.2, 0) is 27.2 Å². The van der Waals surface area contributed by atoms with Crippen LogP contribution in [0.3, 0.4) is 0 Å². The quantitative estimate of drug-likeness (QED) is 0.308. The fraction of sp³-hybridized carbons (Fsp3) is 0.516. The lowest BCUT2D eigenvalue weighted by Crippen LogP contribution is -2.56. The molecule has 4 atom stereocenters. The van der Waals surface area contributed by atoms with E-state index in [1.165, 1.54) is 5.56 Å². The second-order valence-electron chi connectivity index (χ2n) is 11.7. The Morgan fingerprint density at radius 3 is 2.20 bits per heavy atom. The van der Waals surface area contributed by atoms with E-state index in [0.29, 0.717) is 31.4 Å². The Labute approximate surface area is 236 Å². The molecule has 40 heavy (non-hydrogen) atoms. The van der Waals surface area contributed by atoms with Gasteiger partial charge in [-0.1, -0.05) is 52.0 Å². The Balaban J connectivity index is 1.47. The molecule has 1 saturated heterocycles. The summed E-state index contributed by atoms with van der Waals surface area (Å²) in [5, 5.41) is 22.0. The van der Waals surface area contributed by atoms with Crippen molar-refractivity contribution in [1.29, 1.82) is 0 Å². The van der Waals surface area contributed by atoms with E-state index in [2.05, 4.69) is 27.3 Å². The molecular weight excluding hydrogens is 508 g/mol. The first-order chi connectivity index (χ1) is 19.1. The molecule has 0 saturated carbocycles. The lowest BCUT2D eigenvalue weighted by Gasteiger charge is -2.26. The van der Waals surface area contributed by atoms with Crippen molar-refractivity contribution in [3.8, 4) is 0 Å². The van der Waals surface area contributed by atoms with Crippen molar-refractivity contribution in [3.63, 3.8) is 0 Å². The van der Waals surface area contributed by atoms with E-state index in [1.54, 1.807) is 6.07 Å². The van der Waals surface area contributed by atoms with Gasteiger partial charge < -0.3 is 31.1 Å². The molecule has 0 aliphatic carbocycles. The van der Waals surface area contributed by atoms with E-state index in [0.717, 1.165) is 29.8 Å². The van der Waals surface area contributed by atoms with E-state index in [1.807, 2.05) is 58.0 Å². The molecule has 9 heteroatoms. The van der Waals surface area contributed by atoms with Crippen LogP contribution < -0.4 is 21.3 Å². The van der Waals surface area contributed by atoms with Crippen LogP contribution in [0.25, 0.3) is 0 Å². The third-order valence-electron chi connectivity index (χ3n) is 7.38. The Kier molecular flexibility index (Phi) is 9.81. The van der Waals surface area contributed by atoms with Crippen LogP contribution in [-0.4, -0.2) is 53.9 Å². The highest BCUT2D eigenvalue weighted by atomic mass is 16.6. The highest BCUT2D eigenvalue weighted by Gasteiger charge is 2.33. The number of amides is 3. The summed E-state index contributed by atoms with van der Waals surface area (Å²) in [5.41, 5.74) is 4.73. The van der Waals surface area contributed by atoms with Crippen molar-refractivity contribution >= 4 is 29.1 Å². The van der Waals surface area contributed by atoms with Crippen molar-refractivity contribution in [2.24, 2.45) is 11.8 Å². The van der Waals surface area contributed by atoms with Crippen molar-refractivity contribution in [2.75, 3.05) is 11.9 Å². The summed E-state index contributed by atoms with van der Waals surface area (Å²) in [4.78, 5) is 39.9. The Bertz CT molecular complexity index is 1210. The van der Waals surface area contributed by atoms with Gasteiger partial charge in [0.25, 0.3) is 5.91 Å². The zero-order chi connectivity index (χ0) is 28.8. The number of benzene rings is 2. The highest BCUT2D eigenvalue weighted by Crippen LogP contribution is 2.30. The molecule has 2 heterocycles. The zero-order valence-corrected chi connectivity index (χ0v) is 23.8. The molecule has 4 rings (SSSR count). The zero-order valence-electron chi connectivity index (χ0n) is 23.8. The maximum absolute atomic E-state index is 13.5. The molecule has 0 radical (unpaired) electrons. The summed E-state index contributed by atoms with van der Waals surface area (Å²) in [5.74, 6) is -0.865. The van der Waals surface area contributed by atoms with Crippen LogP contribution in [0.5, 0.6) is 0 Å². The fourth-order valence-electron chi connectivity index (χ4n) is 5.25. The number of hydrogen-bond acceptors (Lipinski definition) is 6. The summed E-state index contributed by atoms with van der Waals surface area (Å²) >= 11 is 0. The predicted molar refractivity (Wildman–Crippen MR) is 154 cm³/mol. The van der Waals surface area contributed by atoms with E-state index in [9.17, 15) is 19.5 Å². The second-order valence-corrected chi connectivity index (χ2v) is 11.7. The third-order valence-corrected chi connectivity index (χ3v) is 7.38. The van der Waals surface area contributed by atoms with Gasteiger partial charge in [0.05, 0.1) is 12.6 Å². The SMILES string of the molecule is CC(C)C[C@H](NC(=O)c1ccc2c(c1)Nc1ccccc1CC2)C(=O)N[C@@H](CC(C)C)C(=O)N[C@H]1CCOC1O. The highest BCUT2D eigenvalue weighted by molar-refractivity contribution is 5.99. The molecule has 0 bridgehead atoms. The molecule has 3 amide bonds. The van der Waals surface area contributed by atoms with Gasteiger partial charge in [0, 0.05) is 16.9 Å². The number of fused-ring (bicyclic) bond motifs is 2. The van der Waals surface area contributed by atoms with Crippen LogP contribution >= 0.6 is 0 Å². The van der Waals surface area contributed by atoms with Crippen LogP contribution in [0.2, 0.25) is 0 Å². The van der Waals surface area contributed by atoms with Crippen molar-refractivity contribution in [3.05, 3.63) is 59.2 Å². The van der Waals surface area contributed by atoms with Gasteiger partial charge in [-0.3, -0.25) is 14.4 Å². The number of anilines is 2. The average molecular weight is 551 g/mol. The standard InChI is InChI=1S/C31H42N4O5/c1-18(2)15-26(30(38)35-27(16-19(3)4)29(37)33-24-13-14-40-31(24)39)34-28(36)22-12-11-21-10-9-20-7-5-6-8-23(20)32-25(21)17-22/h5-8,11-12,17-19,24,26-27,31-32,39H,9-10,13-16H2,1-4H3,(H,33,37)(H,34,36)(H,35,38)/t24-,26-,27-,31?/m0/s1. The molecule has 216 valence electrons. The van der Waals surface area contributed by atoms with Crippen molar-refractivity contribution in [1.82, 2.24) is 16.0 Å². The monoisotopic (exact) mass is 550 g/mol. The minimum absolute atomic E-state index is 0.129. The molecule has 9 nitrogen and oxygen atoms in total. The predicted octanol–water partition coefficient (Wildman–Crippen LogP) is 3.43. The molecule has 0 aromatic heterocycles. The number of carbonyl (C=O) groups excluding carboxylic acids is 3. The molecule has 1 unspecified atom stereocenters. The molecular formula is C31H42N4O5. The summed E-state index contributed by atoms with van der Waals surface area (Å²) < 4.78 is 5.14. The first-order valence-electron chi connectivity index (χ1n) is 14.3. The molecule has 0 spiro atoms. The topological polar surface area (TPSA) is 129 Å². The summed E-state index contributed by atoms with van der Waals surface area (Å²) in [7, 11) is 0. The number of aliphatic hydroxyl groups excluding tert-OH is 1. The van der Waals surface area contributed by atoms with Crippen molar-refractivity contribution in [2.45, 2.75) is 84.2 Å². The first-order valence-corrected chi connectivity index (χ1v) is 14.3. The smallest absolute Gasteiger partial charge is 0.252 e. The van der Waals surface area contributed by atoms with Gasteiger partial charge in [-0.25, -0.2) is 0 Å². The number of hydrogen-bond donors (Lipinski definition) is 5. The van der Waals surface area contributed by atoms with Gasteiger partial charge in [-0.2, -0.15) is 0 Å². The largest absolute Gasteiger partial charge is 0.366 e. The number of aliphatic hydroxyl groups is 1. The maximum Gasteiger partial charge on any atom is 0.252 e. The third kappa shape index (κ3) is 7.61. The first kappa shape index (κ1) is 29.6. The van der Waals surface area contributed by atoms with Crippen molar-refractivity contribution < 1.29 is 24.2 Å². The van der Waals surface area contributed by atoms with Gasteiger partial charge in [0.1, 0.15) is 12.1 Å². The Morgan fingerprint density at radius 2 is 1.55 bits per heavy atom. The molecule has 5 N–H and O–H groups in total.